The number of anilines is 1. The predicted molar refractivity (Wildman–Crippen MR) is 87.8 cm³/mol. The van der Waals surface area contributed by atoms with Gasteiger partial charge in [-0.15, -0.1) is 0 Å². The number of carbonyl (C=O) groups excluding carboxylic acids is 1. The molecule has 0 aliphatic heterocycles. The van der Waals surface area contributed by atoms with Crippen LogP contribution in [0.1, 0.15) is 13.8 Å². The van der Waals surface area contributed by atoms with E-state index in [2.05, 4.69) is 5.32 Å². The van der Waals surface area contributed by atoms with E-state index >= 15 is 0 Å². The van der Waals surface area contributed by atoms with Crippen LogP contribution < -0.4 is 14.8 Å². The molecule has 116 valence electrons. The van der Waals surface area contributed by atoms with Gasteiger partial charge in [-0.2, -0.15) is 0 Å². The van der Waals surface area contributed by atoms with Gasteiger partial charge < -0.3 is 14.8 Å². The summed E-state index contributed by atoms with van der Waals surface area (Å²) in [4.78, 5) is 12.4. The summed E-state index contributed by atoms with van der Waals surface area (Å²) in [6, 6.07) is 14.0. The van der Waals surface area contributed by atoms with Crippen molar-refractivity contribution in [3.05, 3.63) is 53.6 Å². The Labute approximate surface area is 135 Å². The first-order valence-electron chi connectivity index (χ1n) is 6.81. The van der Waals surface area contributed by atoms with Gasteiger partial charge in [0.1, 0.15) is 11.5 Å². The zero-order chi connectivity index (χ0) is 16.2. The van der Waals surface area contributed by atoms with Crippen LogP contribution in [0.4, 0.5) is 5.69 Å². The Morgan fingerprint density at radius 2 is 1.55 bits per heavy atom. The van der Waals surface area contributed by atoms with E-state index < -0.39 is 5.60 Å². The van der Waals surface area contributed by atoms with Crippen LogP contribution in [-0.2, 0) is 4.79 Å². The van der Waals surface area contributed by atoms with Crippen molar-refractivity contribution < 1.29 is 14.3 Å². The molecular weight excluding hydrogens is 302 g/mol. The number of amides is 1. The fourth-order valence-corrected chi connectivity index (χ4v) is 1.93. The maximum atomic E-state index is 12.4. The molecule has 0 bridgehead atoms. The minimum Gasteiger partial charge on any atom is -0.497 e. The molecule has 0 aliphatic carbocycles. The highest BCUT2D eigenvalue weighted by molar-refractivity contribution is 6.30. The van der Waals surface area contributed by atoms with Crippen LogP contribution in [0.3, 0.4) is 0 Å². The number of rotatable bonds is 5. The van der Waals surface area contributed by atoms with E-state index in [-0.39, 0.29) is 5.91 Å². The van der Waals surface area contributed by atoms with Crippen LogP contribution >= 0.6 is 11.6 Å². The highest BCUT2D eigenvalue weighted by atomic mass is 35.5. The molecule has 0 saturated heterocycles. The third kappa shape index (κ3) is 4.15. The Bertz CT molecular complexity index is 636. The maximum Gasteiger partial charge on any atom is 0.267 e. The van der Waals surface area contributed by atoms with Crippen LogP contribution in [0.5, 0.6) is 11.5 Å². The van der Waals surface area contributed by atoms with E-state index in [1.165, 1.54) is 0 Å². The highest BCUT2D eigenvalue weighted by Crippen LogP contribution is 2.22. The summed E-state index contributed by atoms with van der Waals surface area (Å²) in [6.45, 7) is 3.42. The third-order valence-electron chi connectivity index (χ3n) is 3.08. The Morgan fingerprint density at radius 1 is 1.00 bits per heavy atom. The molecule has 2 aromatic carbocycles. The lowest BCUT2D eigenvalue weighted by atomic mass is 10.1. The van der Waals surface area contributed by atoms with E-state index in [0.29, 0.717) is 16.5 Å². The molecule has 2 rings (SSSR count). The summed E-state index contributed by atoms with van der Waals surface area (Å²) in [5, 5.41) is 3.44. The lowest BCUT2D eigenvalue weighted by molar-refractivity contribution is -0.128. The summed E-state index contributed by atoms with van der Waals surface area (Å²) in [6.07, 6.45) is 0. The summed E-state index contributed by atoms with van der Waals surface area (Å²) < 4.78 is 10.8. The highest BCUT2D eigenvalue weighted by Gasteiger charge is 2.30. The van der Waals surface area contributed by atoms with Crippen molar-refractivity contribution in [3.63, 3.8) is 0 Å². The van der Waals surface area contributed by atoms with Crippen molar-refractivity contribution in [2.45, 2.75) is 19.4 Å². The van der Waals surface area contributed by atoms with E-state index in [0.717, 1.165) is 5.75 Å². The Morgan fingerprint density at radius 3 is 2.09 bits per heavy atom. The lowest BCUT2D eigenvalue weighted by Crippen LogP contribution is -2.42. The largest absolute Gasteiger partial charge is 0.497 e. The molecule has 1 amide bonds. The molecule has 0 unspecified atom stereocenters. The minimum atomic E-state index is -1.02. The topological polar surface area (TPSA) is 47.6 Å². The van der Waals surface area contributed by atoms with Gasteiger partial charge in [0.15, 0.2) is 5.60 Å². The SMILES string of the molecule is COc1ccc(NC(=O)C(C)(C)Oc2ccc(Cl)cc2)cc1. The normalized spacial score (nSPS) is 10.9. The van der Waals surface area contributed by atoms with Gasteiger partial charge in [0.05, 0.1) is 7.11 Å². The van der Waals surface area contributed by atoms with Crippen molar-refractivity contribution in [1.82, 2.24) is 0 Å². The molecular formula is C17H18ClNO3. The number of ether oxygens (including phenoxy) is 2. The van der Waals surface area contributed by atoms with Gasteiger partial charge >= 0.3 is 0 Å². The van der Waals surface area contributed by atoms with Gasteiger partial charge in [0.2, 0.25) is 0 Å². The quantitative estimate of drug-likeness (QED) is 0.900. The number of hydrogen-bond donors (Lipinski definition) is 1. The van der Waals surface area contributed by atoms with Gasteiger partial charge in [-0.25, -0.2) is 0 Å². The van der Waals surface area contributed by atoms with Crippen LogP contribution in [-0.4, -0.2) is 18.6 Å². The second kappa shape index (κ2) is 6.71. The maximum absolute atomic E-state index is 12.4. The number of methoxy groups -OCH3 is 1. The fourth-order valence-electron chi connectivity index (χ4n) is 1.80. The van der Waals surface area contributed by atoms with Crippen molar-refractivity contribution in [1.29, 1.82) is 0 Å². The first-order valence-corrected chi connectivity index (χ1v) is 7.18. The van der Waals surface area contributed by atoms with Crippen molar-refractivity contribution in [2.75, 3.05) is 12.4 Å². The van der Waals surface area contributed by atoms with Crippen molar-refractivity contribution in [3.8, 4) is 11.5 Å². The second-order valence-corrected chi connectivity index (χ2v) is 5.69. The average Bonchev–Trinajstić information content (AvgIpc) is 2.50. The molecule has 0 heterocycles. The van der Waals surface area contributed by atoms with E-state index in [1.54, 1.807) is 69.5 Å². The van der Waals surface area contributed by atoms with Crippen LogP contribution in [0.2, 0.25) is 5.02 Å². The number of halogens is 1. The molecule has 0 spiro atoms. The van der Waals surface area contributed by atoms with Crippen LogP contribution in [0, 0.1) is 0 Å². The molecule has 0 aromatic heterocycles. The van der Waals surface area contributed by atoms with Gasteiger partial charge in [-0.3, -0.25) is 4.79 Å². The summed E-state index contributed by atoms with van der Waals surface area (Å²) in [5.41, 5.74) is -0.341. The zero-order valence-corrected chi connectivity index (χ0v) is 13.5. The first-order chi connectivity index (χ1) is 10.4. The Balaban J connectivity index is 2.04. The minimum absolute atomic E-state index is 0.243. The van der Waals surface area contributed by atoms with Crippen LogP contribution in [0.25, 0.3) is 0 Å². The van der Waals surface area contributed by atoms with Crippen molar-refractivity contribution >= 4 is 23.2 Å². The molecule has 1 N–H and O–H groups in total. The lowest BCUT2D eigenvalue weighted by Gasteiger charge is -2.25. The van der Waals surface area contributed by atoms with E-state index in [9.17, 15) is 4.79 Å². The van der Waals surface area contributed by atoms with Gasteiger partial charge in [0, 0.05) is 10.7 Å². The number of benzene rings is 2. The number of nitrogens with one attached hydrogen (secondary N) is 1. The first kappa shape index (κ1) is 16.2. The van der Waals surface area contributed by atoms with E-state index in [1.807, 2.05) is 0 Å². The average molecular weight is 320 g/mol. The molecule has 0 atom stereocenters. The predicted octanol–water partition coefficient (Wildman–Crippen LogP) is 4.14. The molecule has 4 nitrogen and oxygen atoms in total. The molecule has 0 aliphatic rings. The van der Waals surface area contributed by atoms with Crippen LogP contribution in [0.15, 0.2) is 48.5 Å². The molecule has 22 heavy (non-hydrogen) atoms. The molecule has 0 saturated carbocycles. The zero-order valence-electron chi connectivity index (χ0n) is 12.7. The third-order valence-corrected chi connectivity index (χ3v) is 3.33. The monoisotopic (exact) mass is 319 g/mol. The van der Waals surface area contributed by atoms with Crippen molar-refractivity contribution in [2.24, 2.45) is 0 Å². The summed E-state index contributed by atoms with van der Waals surface area (Å²) in [5.74, 6) is 1.07. The summed E-state index contributed by atoms with van der Waals surface area (Å²) in [7, 11) is 1.59. The molecule has 0 radical (unpaired) electrons. The standard InChI is InChI=1S/C17H18ClNO3/c1-17(2,22-15-8-4-12(18)5-9-15)16(20)19-13-6-10-14(21-3)11-7-13/h4-11H,1-3H3,(H,19,20). The van der Waals surface area contributed by atoms with Gasteiger partial charge in [-0.1, -0.05) is 11.6 Å². The Kier molecular flexibility index (Phi) is 4.93. The van der Waals surface area contributed by atoms with Gasteiger partial charge in [-0.05, 0) is 62.4 Å². The number of hydrogen-bond acceptors (Lipinski definition) is 3. The van der Waals surface area contributed by atoms with E-state index in [4.69, 9.17) is 21.1 Å². The fraction of sp³-hybridized carbons (Fsp3) is 0.235. The van der Waals surface area contributed by atoms with Gasteiger partial charge in [0.25, 0.3) is 5.91 Å². The Hall–Kier alpha value is -2.20. The smallest absolute Gasteiger partial charge is 0.267 e. The molecule has 5 heteroatoms. The molecule has 0 fully saturated rings. The number of carbonyl (C=O) groups is 1. The molecule has 2 aromatic rings. The second-order valence-electron chi connectivity index (χ2n) is 5.25. The summed E-state index contributed by atoms with van der Waals surface area (Å²) >= 11 is 5.83.